The number of nitrogens with zero attached hydrogens (tertiary/aromatic N) is 2. The van der Waals surface area contributed by atoms with Crippen molar-refractivity contribution in [2.45, 2.75) is 13.3 Å². The quantitative estimate of drug-likeness (QED) is 0.862. The van der Waals surface area contributed by atoms with Crippen LogP contribution in [0.2, 0.25) is 0 Å². The van der Waals surface area contributed by atoms with E-state index in [0.29, 0.717) is 6.54 Å². The first-order chi connectivity index (χ1) is 10.7. The zero-order valence-corrected chi connectivity index (χ0v) is 12.6. The van der Waals surface area contributed by atoms with Crippen molar-refractivity contribution in [2.75, 3.05) is 29.9 Å². The molecule has 2 heterocycles. The fourth-order valence-corrected chi connectivity index (χ4v) is 2.49. The minimum atomic E-state index is 0.00683. The molecule has 0 saturated carbocycles. The van der Waals surface area contributed by atoms with Gasteiger partial charge in [-0.2, -0.15) is 0 Å². The third-order valence-electron chi connectivity index (χ3n) is 3.56. The molecule has 1 aliphatic rings. The van der Waals surface area contributed by atoms with Crippen molar-refractivity contribution >= 4 is 17.4 Å². The summed E-state index contributed by atoms with van der Waals surface area (Å²) in [7, 11) is 0. The highest BCUT2D eigenvalue weighted by Crippen LogP contribution is 2.31. The number of hydrogen-bond donors (Lipinski definition) is 1. The Morgan fingerprint density at radius 3 is 2.95 bits per heavy atom. The van der Waals surface area contributed by atoms with Crippen molar-refractivity contribution in [3.63, 3.8) is 0 Å². The van der Waals surface area contributed by atoms with E-state index in [-0.39, 0.29) is 12.5 Å². The van der Waals surface area contributed by atoms with Gasteiger partial charge in [0.25, 0.3) is 5.91 Å². The summed E-state index contributed by atoms with van der Waals surface area (Å²) in [4.78, 5) is 18.2. The molecule has 0 spiro atoms. The maximum absolute atomic E-state index is 12.0. The van der Waals surface area contributed by atoms with Crippen LogP contribution in [0.4, 0.5) is 11.5 Å². The molecule has 1 aromatic carbocycles. The van der Waals surface area contributed by atoms with Gasteiger partial charge in [-0.15, -0.1) is 0 Å². The van der Waals surface area contributed by atoms with E-state index >= 15 is 0 Å². The maximum Gasteiger partial charge on any atom is 0.265 e. The van der Waals surface area contributed by atoms with Crippen molar-refractivity contribution in [3.05, 3.63) is 48.2 Å². The lowest BCUT2D eigenvalue weighted by molar-refractivity contribution is -0.121. The minimum absolute atomic E-state index is 0.00683. The first-order valence-electron chi connectivity index (χ1n) is 7.44. The minimum Gasteiger partial charge on any atom is -0.482 e. The molecule has 22 heavy (non-hydrogen) atoms. The number of hydrogen-bond acceptors (Lipinski definition) is 4. The predicted molar refractivity (Wildman–Crippen MR) is 86.4 cm³/mol. The number of fused-ring (bicyclic) bond motifs is 1. The van der Waals surface area contributed by atoms with Crippen LogP contribution in [0.25, 0.3) is 0 Å². The Kier molecular flexibility index (Phi) is 4.23. The highest BCUT2D eigenvalue weighted by atomic mass is 16.5. The molecule has 5 heteroatoms. The van der Waals surface area contributed by atoms with Crippen LogP contribution < -0.4 is 15.0 Å². The van der Waals surface area contributed by atoms with Crippen LogP contribution in [0.1, 0.15) is 12.1 Å². The van der Waals surface area contributed by atoms with E-state index in [9.17, 15) is 4.79 Å². The molecule has 5 nitrogen and oxygen atoms in total. The molecule has 1 N–H and O–H groups in total. The van der Waals surface area contributed by atoms with Crippen LogP contribution in [0.3, 0.4) is 0 Å². The van der Waals surface area contributed by atoms with Gasteiger partial charge < -0.3 is 15.0 Å². The molecule has 1 amide bonds. The van der Waals surface area contributed by atoms with E-state index < -0.39 is 0 Å². The zero-order chi connectivity index (χ0) is 15.4. The fourth-order valence-electron chi connectivity index (χ4n) is 2.49. The molecule has 0 atom stereocenters. The van der Waals surface area contributed by atoms with E-state index in [1.807, 2.05) is 49.4 Å². The second-order valence-electron chi connectivity index (χ2n) is 5.25. The third-order valence-corrected chi connectivity index (χ3v) is 3.56. The van der Waals surface area contributed by atoms with Crippen LogP contribution in [0.5, 0.6) is 5.75 Å². The number of aromatic nitrogens is 1. The maximum atomic E-state index is 12.0. The highest BCUT2D eigenvalue weighted by molar-refractivity contribution is 5.97. The Balaban J connectivity index is 1.56. The number of ether oxygens (including phenoxy) is 1. The summed E-state index contributed by atoms with van der Waals surface area (Å²) in [6, 6.07) is 13.5. The smallest absolute Gasteiger partial charge is 0.265 e. The Morgan fingerprint density at radius 1 is 1.23 bits per heavy atom. The van der Waals surface area contributed by atoms with E-state index in [2.05, 4.69) is 10.3 Å². The molecule has 0 bridgehead atoms. The van der Waals surface area contributed by atoms with E-state index in [4.69, 9.17) is 4.74 Å². The molecule has 3 rings (SSSR count). The lowest BCUT2D eigenvalue weighted by Gasteiger charge is -2.29. The number of carbonyl (C=O) groups excluding carboxylic acids is 1. The lowest BCUT2D eigenvalue weighted by Crippen LogP contribution is -2.39. The average molecular weight is 297 g/mol. The van der Waals surface area contributed by atoms with E-state index in [0.717, 1.165) is 35.9 Å². The number of amides is 1. The van der Waals surface area contributed by atoms with Crippen LogP contribution in [0, 0.1) is 6.92 Å². The van der Waals surface area contributed by atoms with Gasteiger partial charge in [0, 0.05) is 18.8 Å². The monoisotopic (exact) mass is 297 g/mol. The van der Waals surface area contributed by atoms with Crippen LogP contribution in [-0.2, 0) is 4.79 Å². The summed E-state index contributed by atoms with van der Waals surface area (Å²) in [5.74, 6) is 1.65. The summed E-state index contributed by atoms with van der Waals surface area (Å²) in [6.07, 6.45) is 0.843. The van der Waals surface area contributed by atoms with Crippen LogP contribution in [-0.4, -0.2) is 30.6 Å². The normalized spacial score (nSPS) is 13.5. The van der Waals surface area contributed by atoms with Crippen molar-refractivity contribution < 1.29 is 9.53 Å². The number of para-hydroxylation sites is 2. The molecule has 0 unspecified atom stereocenters. The Hall–Kier alpha value is -2.56. The molecule has 1 aliphatic heterocycles. The van der Waals surface area contributed by atoms with Gasteiger partial charge in [-0.05, 0) is 37.6 Å². The first kappa shape index (κ1) is 14.4. The van der Waals surface area contributed by atoms with Crippen molar-refractivity contribution in [3.8, 4) is 5.75 Å². The Labute approximate surface area is 129 Å². The second kappa shape index (κ2) is 6.47. The number of benzene rings is 1. The van der Waals surface area contributed by atoms with E-state index in [1.54, 1.807) is 4.90 Å². The topological polar surface area (TPSA) is 54.5 Å². The molecule has 0 saturated heterocycles. The molecule has 0 fully saturated rings. The summed E-state index contributed by atoms with van der Waals surface area (Å²) < 4.78 is 5.44. The molecule has 1 aromatic heterocycles. The molecule has 0 radical (unpaired) electrons. The second-order valence-corrected chi connectivity index (χ2v) is 5.25. The largest absolute Gasteiger partial charge is 0.482 e. The van der Waals surface area contributed by atoms with E-state index in [1.165, 1.54) is 0 Å². The summed E-state index contributed by atoms with van der Waals surface area (Å²) in [6.45, 7) is 3.51. The summed E-state index contributed by atoms with van der Waals surface area (Å²) >= 11 is 0. The van der Waals surface area contributed by atoms with Crippen LogP contribution in [0.15, 0.2) is 42.5 Å². The predicted octanol–water partition coefficient (Wildman–Crippen LogP) is 2.62. The average Bonchev–Trinajstić information content (AvgIpc) is 2.53. The van der Waals surface area contributed by atoms with Crippen molar-refractivity contribution in [1.82, 2.24) is 4.98 Å². The molecule has 0 aliphatic carbocycles. The lowest BCUT2D eigenvalue weighted by atomic mass is 10.2. The van der Waals surface area contributed by atoms with Gasteiger partial charge in [-0.25, -0.2) is 4.98 Å². The number of pyridine rings is 1. The van der Waals surface area contributed by atoms with Crippen LogP contribution >= 0.6 is 0 Å². The van der Waals surface area contributed by atoms with Gasteiger partial charge in [-0.1, -0.05) is 18.2 Å². The first-order valence-corrected chi connectivity index (χ1v) is 7.44. The Morgan fingerprint density at radius 2 is 2.09 bits per heavy atom. The van der Waals surface area contributed by atoms with Gasteiger partial charge in [-0.3, -0.25) is 4.79 Å². The number of aryl methyl sites for hydroxylation is 1. The number of nitrogens with one attached hydrogen (secondary N) is 1. The standard InChI is InChI=1S/C17H19N3O2/c1-13-6-4-9-16(19-13)18-10-5-11-20-14-7-2-3-8-15(14)22-12-17(20)21/h2-4,6-9H,5,10-12H2,1H3,(H,18,19). The summed E-state index contributed by atoms with van der Waals surface area (Å²) in [5.41, 5.74) is 1.84. The molecular formula is C17H19N3O2. The van der Waals surface area contributed by atoms with Crippen molar-refractivity contribution in [2.24, 2.45) is 0 Å². The molecule has 114 valence electrons. The van der Waals surface area contributed by atoms with Gasteiger partial charge in [0.05, 0.1) is 5.69 Å². The molecular weight excluding hydrogens is 278 g/mol. The fraction of sp³-hybridized carbons (Fsp3) is 0.294. The SMILES string of the molecule is Cc1cccc(NCCCN2C(=O)COc3ccccc32)n1. The van der Waals surface area contributed by atoms with Gasteiger partial charge in [0.1, 0.15) is 11.6 Å². The third kappa shape index (κ3) is 3.19. The number of anilines is 2. The number of carbonyl (C=O) groups is 1. The zero-order valence-electron chi connectivity index (χ0n) is 12.6. The summed E-state index contributed by atoms with van der Waals surface area (Å²) in [5, 5.41) is 3.28. The molecule has 2 aromatic rings. The highest BCUT2D eigenvalue weighted by Gasteiger charge is 2.24. The van der Waals surface area contributed by atoms with Crippen molar-refractivity contribution in [1.29, 1.82) is 0 Å². The number of rotatable bonds is 5. The van der Waals surface area contributed by atoms with Gasteiger partial charge in [0.15, 0.2) is 6.61 Å². The Bertz CT molecular complexity index is 672. The van der Waals surface area contributed by atoms with Gasteiger partial charge in [0.2, 0.25) is 0 Å². The van der Waals surface area contributed by atoms with Gasteiger partial charge >= 0.3 is 0 Å².